The standard InChI is InChI=1S/C17H22N2O3/c1-10-5-3-6-11(2)19(10)17(22)13-9-12-14(18-16(13)21)7-4-8-15(12)20/h9-11H,3-8H2,1-2H3,(H,18,21)/t10-,11-/m0/s1. The number of nitrogens with zero attached hydrogens (tertiary/aromatic N) is 1. The summed E-state index contributed by atoms with van der Waals surface area (Å²) in [5.41, 5.74) is 0.932. The topological polar surface area (TPSA) is 70.2 Å². The fraction of sp³-hybridized carbons (Fsp3) is 0.588. The molecule has 0 aromatic carbocycles. The molecule has 0 radical (unpaired) electrons. The summed E-state index contributed by atoms with van der Waals surface area (Å²) < 4.78 is 0. The number of amides is 1. The van der Waals surface area contributed by atoms with Crippen molar-refractivity contribution in [3.63, 3.8) is 0 Å². The van der Waals surface area contributed by atoms with Crippen molar-refractivity contribution in [1.82, 2.24) is 9.88 Å². The molecule has 2 aliphatic rings. The van der Waals surface area contributed by atoms with E-state index >= 15 is 0 Å². The van der Waals surface area contributed by atoms with Crippen LogP contribution >= 0.6 is 0 Å². The van der Waals surface area contributed by atoms with Crippen molar-refractivity contribution >= 4 is 11.7 Å². The van der Waals surface area contributed by atoms with E-state index < -0.39 is 0 Å². The molecule has 1 aliphatic heterocycles. The van der Waals surface area contributed by atoms with Gasteiger partial charge in [-0.15, -0.1) is 0 Å². The highest BCUT2D eigenvalue weighted by Gasteiger charge is 2.32. The number of Topliss-reactive ketones (excluding diaryl/α,β-unsaturated/α-hetero) is 1. The van der Waals surface area contributed by atoms with Gasteiger partial charge in [0.05, 0.1) is 0 Å². The van der Waals surface area contributed by atoms with Crippen LogP contribution in [0.15, 0.2) is 10.9 Å². The minimum atomic E-state index is -0.372. The molecule has 2 atom stereocenters. The summed E-state index contributed by atoms with van der Waals surface area (Å²) in [6.07, 6.45) is 4.96. The third-order valence-corrected chi connectivity index (χ3v) is 4.91. The molecule has 0 bridgehead atoms. The van der Waals surface area contributed by atoms with Gasteiger partial charge in [0.25, 0.3) is 11.5 Å². The summed E-state index contributed by atoms with van der Waals surface area (Å²) in [4.78, 5) is 41.7. The number of ketones is 1. The van der Waals surface area contributed by atoms with Gasteiger partial charge in [-0.1, -0.05) is 0 Å². The smallest absolute Gasteiger partial charge is 0.261 e. The van der Waals surface area contributed by atoms with Gasteiger partial charge in [-0.2, -0.15) is 0 Å². The summed E-state index contributed by atoms with van der Waals surface area (Å²) in [6, 6.07) is 1.77. The van der Waals surface area contributed by atoms with Crippen LogP contribution in [0.1, 0.15) is 72.4 Å². The highest BCUT2D eigenvalue weighted by molar-refractivity contribution is 6.01. The Balaban J connectivity index is 2.01. The van der Waals surface area contributed by atoms with Gasteiger partial charge in [0.2, 0.25) is 0 Å². The maximum Gasteiger partial charge on any atom is 0.261 e. The molecule has 1 aromatic rings. The van der Waals surface area contributed by atoms with Crippen molar-refractivity contribution in [3.8, 4) is 0 Å². The van der Waals surface area contributed by atoms with Gasteiger partial charge < -0.3 is 9.88 Å². The van der Waals surface area contributed by atoms with E-state index in [1.807, 2.05) is 13.8 Å². The first kappa shape index (κ1) is 15.0. The Kier molecular flexibility index (Phi) is 3.89. The molecule has 1 aromatic heterocycles. The highest BCUT2D eigenvalue weighted by atomic mass is 16.2. The molecule has 5 nitrogen and oxygen atoms in total. The zero-order chi connectivity index (χ0) is 15.9. The Labute approximate surface area is 129 Å². The lowest BCUT2D eigenvalue weighted by atomic mass is 9.92. The predicted molar refractivity (Wildman–Crippen MR) is 83.3 cm³/mol. The van der Waals surface area contributed by atoms with E-state index in [2.05, 4.69) is 4.98 Å². The van der Waals surface area contributed by atoms with Crippen LogP contribution in [0.4, 0.5) is 0 Å². The lowest BCUT2D eigenvalue weighted by Gasteiger charge is -2.39. The van der Waals surface area contributed by atoms with E-state index in [0.29, 0.717) is 24.1 Å². The first-order valence-corrected chi connectivity index (χ1v) is 8.11. The average Bonchev–Trinajstić information content (AvgIpc) is 2.46. The number of carbonyl (C=O) groups is 2. The zero-order valence-corrected chi connectivity index (χ0v) is 13.1. The van der Waals surface area contributed by atoms with Crippen LogP contribution < -0.4 is 5.56 Å². The first-order valence-electron chi connectivity index (χ1n) is 8.11. The summed E-state index contributed by atoms with van der Waals surface area (Å²) in [6.45, 7) is 4.04. The largest absolute Gasteiger partial charge is 0.333 e. The van der Waals surface area contributed by atoms with Crippen molar-refractivity contribution in [2.75, 3.05) is 0 Å². The maximum absolute atomic E-state index is 12.8. The van der Waals surface area contributed by atoms with E-state index in [4.69, 9.17) is 0 Å². The minimum Gasteiger partial charge on any atom is -0.333 e. The lowest BCUT2D eigenvalue weighted by molar-refractivity contribution is 0.0509. The molecule has 1 fully saturated rings. The molecule has 1 saturated heterocycles. The van der Waals surface area contributed by atoms with Gasteiger partial charge >= 0.3 is 0 Å². The van der Waals surface area contributed by atoms with Crippen molar-refractivity contribution in [3.05, 3.63) is 33.2 Å². The molecule has 2 heterocycles. The summed E-state index contributed by atoms with van der Waals surface area (Å²) in [5.74, 6) is -0.228. The number of rotatable bonds is 1. The van der Waals surface area contributed by atoms with Crippen molar-refractivity contribution in [1.29, 1.82) is 0 Å². The second-order valence-corrected chi connectivity index (χ2v) is 6.52. The molecule has 0 unspecified atom stereocenters. The van der Waals surface area contributed by atoms with Crippen molar-refractivity contribution in [2.24, 2.45) is 0 Å². The number of hydrogen-bond acceptors (Lipinski definition) is 3. The number of pyridine rings is 1. The Bertz CT molecular complexity index is 667. The maximum atomic E-state index is 12.8. The molecule has 1 amide bonds. The highest BCUT2D eigenvalue weighted by Crippen LogP contribution is 2.25. The van der Waals surface area contributed by atoms with Gasteiger partial charge in [-0.05, 0) is 52.0 Å². The Hall–Kier alpha value is -1.91. The second-order valence-electron chi connectivity index (χ2n) is 6.52. The molecular weight excluding hydrogens is 280 g/mol. The van der Waals surface area contributed by atoms with Gasteiger partial charge in [-0.3, -0.25) is 14.4 Å². The van der Waals surface area contributed by atoms with Crippen molar-refractivity contribution < 1.29 is 9.59 Å². The van der Waals surface area contributed by atoms with Crippen LogP contribution in [0, 0.1) is 0 Å². The monoisotopic (exact) mass is 302 g/mol. The predicted octanol–water partition coefficient (Wildman–Crippen LogP) is 2.30. The lowest BCUT2D eigenvalue weighted by Crippen LogP contribution is -2.49. The number of aryl methyl sites for hydroxylation is 1. The Morgan fingerprint density at radius 3 is 2.50 bits per heavy atom. The normalized spacial score (nSPS) is 25.0. The Morgan fingerprint density at radius 1 is 1.14 bits per heavy atom. The molecule has 22 heavy (non-hydrogen) atoms. The van der Waals surface area contributed by atoms with Gasteiger partial charge in [0.1, 0.15) is 5.56 Å². The van der Waals surface area contributed by atoms with Crippen LogP contribution in [0.2, 0.25) is 0 Å². The number of fused-ring (bicyclic) bond motifs is 1. The molecule has 1 N–H and O–H groups in total. The average molecular weight is 302 g/mol. The molecule has 3 rings (SSSR count). The first-order chi connectivity index (χ1) is 10.5. The van der Waals surface area contributed by atoms with Crippen LogP contribution in [-0.4, -0.2) is 33.7 Å². The van der Waals surface area contributed by atoms with E-state index in [9.17, 15) is 14.4 Å². The van der Waals surface area contributed by atoms with Crippen molar-refractivity contribution in [2.45, 2.75) is 64.5 Å². The molecular formula is C17H22N2O3. The minimum absolute atomic E-state index is 0.0197. The van der Waals surface area contributed by atoms with Crippen LogP contribution in [0.3, 0.4) is 0 Å². The zero-order valence-electron chi connectivity index (χ0n) is 13.1. The molecule has 5 heteroatoms. The number of likely N-dealkylation sites (tertiary alicyclic amines) is 1. The van der Waals surface area contributed by atoms with E-state index in [-0.39, 0.29) is 34.9 Å². The summed E-state index contributed by atoms with van der Waals surface area (Å²) >= 11 is 0. The number of aromatic nitrogens is 1. The number of piperidine rings is 1. The van der Waals surface area contributed by atoms with Gasteiger partial charge in [0, 0.05) is 29.8 Å². The Morgan fingerprint density at radius 2 is 1.82 bits per heavy atom. The molecule has 1 aliphatic carbocycles. The second kappa shape index (κ2) is 5.71. The SMILES string of the molecule is C[C@H]1CCC[C@H](C)N1C(=O)c1cc2c([nH]c1=O)CCCC2=O. The number of aromatic amines is 1. The van der Waals surface area contributed by atoms with E-state index in [1.54, 1.807) is 4.90 Å². The third-order valence-electron chi connectivity index (χ3n) is 4.91. The van der Waals surface area contributed by atoms with Gasteiger partial charge in [0.15, 0.2) is 5.78 Å². The fourth-order valence-electron chi connectivity index (χ4n) is 3.69. The van der Waals surface area contributed by atoms with Gasteiger partial charge in [-0.25, -0.2) is 0 Å². The number of carbonyl (C=O) groups excluding carboxylic acids is 2. The van der Waals surface area contributed by atoms with Crippen LogP contribution in [-0.2, 0) is 6.42 Å². The van der Waals surface area contributed by atoms with E-state index in [0.717, 1.165) is 25.7 Å². The van der Waals surface area contributed by atoms with Crippen LogP contribution in [0.25, 0.3) is 0 Å². The quantitative estimate of drug-likeness (QED) is 0.865. The molecule has 0 spiro atoms. The molecule has 0 saturated carbocycles. The number of hydrogen-bond donors (Lipinski definition) is 1. The number of nitrogens with one attached hydrogen (secondary N) is 1. The third kappa shape index (κ3) is 2.49. The number of H-pyrrole nitrogens is 1. The van der Waals surface area contributed by atoms with Crippen LogP contribution in [0.5, 0.6) is 0 Å². The fourth-order valence-corrected chi connectivity index (χ4v) is 3.69. The molecule has 118 valence electrons. The summed E-state index contributed by atoms with van der Waals surface area (Å²) in [5, 5.41) is 0. The van der Waals surface area contributed by atoms with E-state index in [1.165, 1.54) is 6.07 Å². The summed E-state index contributed by atoms with van der Waals surface area (Å²) in [7, 11) is 0.